The molecule has 1 heterocycles. The molecule has 0 aromatic rings. The third-order valence-corrected chi connectivity index (χ3v) is 3.08. The largest absolute Gasteiger partial charge is 0.388 e. The van der Waals surface area contributed by atoms with Gasteiger partial charge in [-0.1, -0.05) is 13.3 Å². The molecule has 1 rings (SSSR count). The van der Waals surface area contributed by atoms with Crippen LogP contribution in [-0.4, -0.2) is 23.4 Å². The normalized spacial score (nSPS) is 34.9. The smallest absolute Gasteiger partial charge is 0.0849 e. The van der Waals surface area contributed by atoms with Crippen molar-refractivity contribution in [2.75, 3.05) is 6.61 Å². The van der Waals surface area contributed by atoms with Gasteiger partial charge in [-0.15, -0.1) is 0 Å². The van der Waals surface area contributed by atoms with E-state index in [4.69, 9.17) is 10.00 Å². The molecule has 0 aromatic carbocycles. The summed E-state index contributed by atoms with van der Waals surface area (Å²) in [5.74, 6) is -0.300. The molecule has 3 atom stereocenters. The van der Waals surface area contributed by atoms with Gasteiger partial charge in [-0.25, -0.2) is 0 Å². The fourth-order valence-corrected chi connectivity index (χ4v) is 1.98. The molecular formula is C11H19NO2. The van der Waals surface area contributed by atoms with Gasteiger partial charge in [0.05, 0.1) is 23.7 Å². The van der Waals surface area contributed by atoms with Crippen LogP contribution in [0.15, 0.2) is 0 Å². The second kappa shape index (κ2) is 4.77. The Kier molecular flexibility index (Phi) is 3.91. The highest BCUT2D eigenvalue weighted by Gasteiger charge is 2.39. The maximum Gasteiger partial charge on any atom is 0.0849 e. The Labute approximate surface area is 85.7 Å². The first-order valence-corrected chi connectivity index (χ1v) is 5.36. The van der Waals surface area contributed by atoms with Crippen LogP contribution < -0.4 is 0 Å². The van der Waals surface area contributed by atoms with Crippen molar-refractivity contribution >= 4 is 0 Å². The maximum absolute atomic E-state index is 10.2. The van der Waals surface area contributed by atoms with E-state index in [-0.39, 0.29) is 12.0 Å². The van der Waals surface area contributed by atoms with Crippen LogP contribution in [0.3, 0.4) is 0 Å². The van der Waals surface area contributed by atoms with Gasteiger partial charge in [-0.3, -0.25) is 0 Å². The molecule has 0 aliphatic carbocycles. The number of nitriles is 1. The van der Waals surface area contributed by atoms with Crippen LogP contribution in [0.4, 0.5) is 0 Å². The lowest BCUT2D eigenvalue weighted by molar-refractivity contribution is -0.120. The minimum atomic E-state index is -0.827. The third-order valence-electron chi connectivity index (χ3n) is 3.08. The quantitative estimate of drug-likeness (QED) is 0.751. The zero-order valence-electron chi connectivity index (χ0n) is 8.99. The van der Waals surface area contributed by atoms with Gasteiger partial charge in [0.15, 0.2) is 0 Å². The van der Waals surface area contributed by atoms with E-state index in [2.05, 4.69) is 13.0 Å². The minimum Gasteiger partial charge on any atom is -0.388 e. The van der Waals surface area contributed by atoms with Gasteiger partial charge < -0.3 is 9.84 Å². The SMILES string of the molecule is CCCC1CC(O)(C(C)C#N)CCO1. The highest BCUT2D eigenvalue weighted by molar-refractivity contribution is 4.99. The van der Waals surface area contributed by atoms with Crippen molar-refractivity contribution in [1.82, 2.24) is 0 Å². The molecule has 0 aromatic heterocycles. The van der Waals surface area contributed by atoms with Gasteiger partial charge in [0.1, 0.15) is 0 Å². The molecule has 1 aliphatic heterocycles. The number of rotatable bonds is 3. The lowest BCUT2D eigenvalue weighted by Crippen LogP contribution is -2.45. The Morgan fingerprint density at radius 2 is 2.43 bits per heavy atom. The van der Waals surface area contributed by atoms with Crippen molar-refractivity contribution in [2.24, 2.45) is 5.92 Å². The van der Waals surface area contributed by atoms with Crippen LogP contribution >= 0.6 is 0 Å². The average Bonchev–Trinajstić information content (AvgIpc) is 2.17. The maximum atomic E-state index is 10.2. The van der Waals surface area contributed by atoms with Crippen LogP contribution in [0, 0.1) is 17.2 Å². The van der Waals surface area contributed by atoms with E-state index in [1.807, 2.05) is 0 Å². The third kappa shape index (κ3) is 2.46. The Balaban J connectivity index is 2.58. The molecule has 1 aliphatic rings. The molecule has 1 N–H and O–H groups in total. The Morgan fingerprint density at radius 3 is 3.00 bits per heavy atom. The number of hydrogen-bond donors (Lipinski definition) is 1. The van der Waals surface area contributed by atoms with Crippen molar-refractivity contribution in [1.29, 1.82) is 5.26 Å². The summed E-state index contributed by atoms with van der Waals surface area (Å²) in [6.07, 6.45) is 3.36. The zero-order chi connectivity index (χ0) is 10.6. The summed E-state index contributed by atoms with van der Waals surface area (Å²) in [5, 5.41) is 19.1. The first kappa shape index (κ1) is 11.5. The second-order valence-corrected chi connectivity index (χ2v) is 4.19. The van der Waals surface area contributed by atoms with Crippen LogP contribution in [0.2, 0.25) is 0 Å². The topological polar surface area (TPSA) is 53.2 Å². The number of ether oxygens (including phenoxy) is 1. The first-order valence-electron chi connectivity index (χ1n) is 5.36. The molecule has 0 radical (unpaired) electrons. The summed E-state index contributed by atoms with van der Waals surface area (Å²) < 4.78 is 5.54. The predicted molar refractivity (Wildman–Crippen MR) is 53.6 cm³/mol. The lowest BCUT2D eigenvalue weighted by atomic mass is 9.80. The van der Waals surface area contributed by atoms with Gasteiger partial charge in [0.25, 0.3) is 0 Å². The van der Waals surface area contributed by atoms with Crippen LogP contribution in [0.25, 0.3) is 0 Å². The van der Waals surface area contributed by atoms with E-state index in [0.717, 1.165) is 12.8 Å². The number of hydrogen-bond acceptors (Lipinski definition) is 3. The van der Waals surface area contributed by atoms with E-state index in [0.29, 0.717) is 19.4 Å². The summed E-state index contributed by atoms with van der Waals surface area (Å²) >= 11 is 0. The van der Waals surface area contributed by atoms with Gasteiger partial charge in [0.2, 0.25) is 0 Å². The average molecular weight is 197 g/mol. The molecule has 3 nitrogen and oxygen atoms in total. The fourth-order valence-electron chi connectivity index (χ4n) is 1.98. The van der Waals surface area contributed by atoms with E-state index >= 15 is 0 Å². The van der Waals surface area contributed by atoms with E-state index in [1.165, 1.54) is 0 Å². The molecule has 0 bridgehead atoms. The van der Waals surface area contributed by atoms with Crippen LogP contribution in [-0.2, 0) is 4.74 Å². The van der Waals surface area contributed by atoms with Crippen LogP contribution in [0.1, 0.15) is 39.5 Å². The molecule has 80 valence electrons. The van der Waals surface area contributed by atoms with Gasteiger partial charge in [0, 0.05) is 19.4 Å². The summed E-state index contributed by atoms with van der Waals surface area (Å²) in [5.41, 5.74) is -0.827. The molecule has 0 saturated carbocycles. The van der Waals surface area contributed by atoms with E-state index in [9.17, 15) is 5.11 Å². The van der Waals surface area contributed by atoms with E-state index in [1.54, 1.807) is 6.92 Å². The molecule has 14 heavy (non-hydrogen) atoms. The summed E-state index contributed by atoms with van der Waals surface area (Å²) in [4.78, 5) is 0. The summed E-state index contributed by atoms with van der Waals surface area (Å²) in [7, 11) is 0. The minimum absolute atomic E-state index is 0.134. The molecule has 3 unspecified atom stereocenters. The Bertz CT molecular complexity index is 222. The predicted octanol–water partition coefficient (Wildman–Crippen LogP) is 1.86. The molecule has 1 fully saturated rings. The lowest BCUT2D eigenvalue weighted by Gasteiger charge is -2.38. The highest BCUT2D eigenvalue weighted by atomic mass is 16.5. The number of nitrogens with zero attached hydrogens (tertiary/aromatic N) is 1. The summed E-state index contributed by atoms with van der Waals surface area (Å²) in [6.45, 7) is 4.46. The molecule has 0 amide bonds. The fraction of sp³-hybridized carbons (Fsp3) is 0.909. The highest BCUT2D eigenvalue weighted by Crippen LogP contribution is 2.32. The zero-order valence-corrected chi connectivity index (χ0v) is 8.99. The van der Waals surface area contributed by atoms with E-state index < -0.39 is 5.60 Å². The van der Waals surface area contributed by atoms with Crippen LogP contribution in [0.5, 0.6) is 0 Å². The van der Waals surface area contributed by atoms with Crippen molar-refractivity contribution in [3.8, 4) is 6.07 Å². The second-order valence-electron chi connectivity index (χ2n) is 4.19. The van der Waals surface area contributed by atoms with Crippen molar-refractivity contribution in [2.45, 2.75) is 51.2 Å². The van der Waals surface area contributed by atoms with Gasteiger partial charge >= 0.3 is 0 Å². The molecular weight excluding hydrogens is 178 g/mol. The van der Waals surface area contributed by atoms with Crippen molar-refractivity contribution in [3.63, 3.8) is 0 Å². The van der Waals surface area contributed by atoms with Gasteiger partial charge in [-0.2, -0.15) is 5.26 Å². The number of aliphatic hydroxyl groups is 1. The van der Waals surface area contributed by atoms with Crippen molar-refractivity contribution in [3.05, 3.63) is 0 Å². The van der Waals surface area contributed by atoms with Gasteiger partial charge in [-0.05, 0) is 13.3 Å². The molecule has 3 heteroatoms. The first-order chi connectivity index (χ1) is 6.62. The standard InChI is InChI=1S/C11H19NO2/c1-3-4-10-7-11(13,5-6-14-10)9(2)8-12/h9-10,13H,3-7H2,1-2H3. The molecule has 1 saturated heterocycles. The van der Waals surface area contributed by atoms with Crippen molar-refractivity contribution < 1.29 is 9.84 Å². The monoisotopic (exact) mass is 197 g/mol. The molecule has 0 spiro atoms. The summed E-state index contributed by atoms with van der Waals surface area (Å²) in [6, 6.07) is 2.13. The Morgan fingerprint density at radius 1 is 1.71 bits per heavy atom. The Hall–Kier alpha value is -0.590.